The first-order valence-corrected chi connectivity index (χ1v) is 4.88. The first kappa shape index (κ1) is 10.9. The van der Waals surface area contributed by atoms with Gasteiger partial charge < -0.3 is 5.11 Å². The van der Waals surface area contributed by atoms with Gasteiger partial charge in [0.05, 0.1) is 0 Å². The van der Waals surface area contributed by atoms with E-state index in [2.05, 4.69) is 12.6 Å². The number of carbonyl (C=O) groups is 1. The van der Waals surface area contributed by atoms with Crippen molar-refractivity contribution in [1.29, 1.82) is 0 Å². The summed E-state index contributed by atoms with van der Waals surface area (Å²) in [5.41, 5.74) is 2.36. The molecule has 74 valence electrons. The van der Waals surface area contributed by atoms with Crippen molar-refractivity contribution in [1.82, 2.24) is 0 Å². The summed E-state index contributed by atoms with van der Waals surface area (Å²) in [4.78, 5) is 10.5. The van der Waals surface area contributed by atoms with Crippen LogP contribution < -0.4 is 0 Å². The fourth-order valence-electron chi connectivity index (χ4n) is 1.03. The number of carboxylic acids is 1. The van der Waals surface area contributed by atoms with Gasteiger partial charge >= 0.3 is 5.97 Å². The summed E-state index contributed by atoms with van der Waals surface area (Å²) in [5.74, 6) is -0.190. The predicted molar refractivity (Wildman–Crippen MR) is 60.4 cm³/mol. The van der Waals surface area contributed by atoms with Crippen LogP contribution in [-0.2, 0) is 10.5 Å². The van der Waals surface area contributed by atoms with Gasteiger partial charge in [0.25, 0.3) is 0 Å². The quantitative estimate of drug-likeness (QED) is 0.592. The van der Waals surface area contributed by atoms with E-state index in [-0.39, 0.29) is 0 Å². The third-order valence-electron chi connectivity index (χ3n) is 1.88. The van der Waals surface area contributed by atoms with Gasteiger partial charge in [-0.2, -0.15) is 12.6 Å². The summed E-state index contributed by atoms with van der Waals surface area (Å²) in [6, 6.07) is 7.65. The van der Waals surface area contributed by atoms with Gasteiger partial charge in [0.1, 0.15) is 0 Å². The second-order valence-electron chi connectivity index (χ2n) is 3.03. The van der Waals surface area contributed by atoms with Crippen LogP contribution in [0.1, 0.15) is 18.1 Å². The molecule has 1 N–H and O–H groups in total. The molecule has 0 saturated heterocycles. The molecule has 0 aliphatic heterocycles. The summed E-state index contributed by atoms with van der Waals surface area (Å²) < 4.78 is 0. The highest BCUT2D eigenvalue weighted by Crippen LogP contribution is 2.10. The number of benzene rings is 1. The molecule has 0 spiro atoms. The lowest BCUT2D eigenvalue weighted by Gasteiger charge is -1.98. The number of rotatable bonds is 3. The number of carboxylic acid groups (broad SMARTS) is 1. The third-order valence-corrected chi connectivity index (χ3v) is 2.25. The molecule has 3 heteroatoms. The maximum Gasteiger partial charge on any atom is 0.331 e. The lowest BCUT2D eigenvalue weighted by Crippen LogP contribution is -1.95. The van der Waals surface area contributed by atoms with E-state index in [0.29, 0.717) is 11.3 Å². The fourth-order valence-corrected chi connectivity index (χ4v) is 1.24. The smallest absolute Gasteiger partial charge is 0.331 e. The first-order chi connectivity index (χ1) is 6.63. The van der Waals surface area contributed by atoms with Crippen LogP contribution in [-0.4, -0.2) is 11.1 Å². The molecular formula is C11H12O2S. The van der Waals surface area contributed by atoms with Crippen LogP contribution in [0.5, 0.6) is 0 Å². The highest BCUT2D eigenvalue weighted by atomic mass is 32.1. The average molecular weight is 208 g/mol. The van der Waals surface area contributed by atoms with E-state index in [9.17, 15) is 4.79 Å². The molecule has 0 amide bonds. The largest absolute Gasteiger partial charge is 0.478 e. The monoisotopic (exact) mass is 208 g/mol. The molecule has 1 aromatic carbocycles. The van der Waals surface area contributed by atoms with E-state index in [4.69, 9.17) is 5.11 Å². The van der Waals surface area contributed by atoms with Gasteiger partial charge in [0, 0.05) is 11.3 Å². The molecule has 14 heavy (non-hydrogen) atoms. The average Bonchev–Trinajstić information content (AvgIpc) is 2.19. The number of hydrogen-bond acceptors (Lipinski definition) is 2. The molecule has 0 heterocycles. The standard InChI is InChI=1S/C11H12O2S/c1-8(11(12)13)6-9-2-4-10(7-14)5-3-9/h2-6,14H,7H2,1H3,(H,12,13)/b8-6+. The van der Waals surface area contributed by atoms with Crippen molar-refractivity contribution in [3.8, 4) is 0 Å². The highest BCUT2D eigenvalue weighted by Gasteiger charge is 1.99. The van der Waals surface area contributed by atoms with Crippen LogP contribution in [0.15, 0.2) is 29.8 Å². The zero-order valence-corrected chi connectivity index (χ0v) is 8.79. The SMILES string of the molecule is C/C(=C\c1ccc(CS)cc1)C(=O)O. The molecule has 0 unspecified atom stereocenters. The Bertz CT molecular complexity index is 352. The molecule has 0 radical (unpaired) electrons. The lowest BCUT2D eigenvalue weighted by atomic mass is 10.1. The topological polar surface area (TPSA) is 37.3 Å². The van der Waals surface area contributed by atoms with Crippen molar-refractivity contribution in [2.75, 3.05) is 0 Å². The normalized spacial score (nSPS) is 11.4. The minimum atomic E-state index is -0.886. The molecule has 0 aliphatic carbocycles. The second kappa shape index (κ2) is 4.86. The van der Waals surface area contributed by atoms with E-state index in [1.807, 2.05) is 24.3 Å². The predicted octanol–water partition coefficient (Wildman–Crippen LogP) is 2.60. The molecular weight excluding hydrogens is 196 g/mol. The molecule has 1 rings (SSSR count). The zero-order chi connectivity index (χ0) is 10.6. The molecule has 0 aromatic heterocycles. The zero-order valence-electron chi connectivity index (χ0n) is 7.90. The van der Waals surface area contributed by atoms with Crippen LogP contribution in [0.4, 0.5) is 0 Å². The Morgan fingerprint density at radius 2 is 2.00 bits per heavy atom. The minimum absolute atomic E-state index is 0.337. The highest BCUT2D eigenvalue weighted by molar-refractivity contribution is 7.79. The van der Waals surface area contributed by atoms with Crippen LogP contribution in [0.3, 0.4) is 0 Å². The van der Waals surface area contributed by atoms with Crippen LogP contribution in [0.2, 0.25) is 0 Å². The molecule has 1 aromatic rings. The van der Waals surface area contributed by atoms with Crippen LogP contribution in [0, 0.1) is 0 Å². The van der Waals surface area contributed by atoms with E-state index in [0.717, 1.165) is 11.1 Å². The van der Waals surface area contributed by atoms with Crippen molar-refractivity contribution in [2.45, 2.75) is 12.7 Å². The van der Waals surface area contributed by atoms with Crippen molar-refractivity contribution >= 4 is 24.7 Å². The molecule has 2 nitrogen and oxygen atoms in total. The van der Waals surface area contributed by atoms with Crippen molar-refractivity contribution in [3.63, 3.8) is 0 Å². The fraction of sp³-hybridized carbons (Fsp3) is 0.182. The molecule has 0 atom stereocenters. The number of thiol groups is 1. The van der Waals surface area contributed by atoms with Gasteiger partial charge in [-0.3, -0.25) is 0 Å². The summed E-state index contributed by atoms with van der Waals surface area (Å²) in [6.45, 7) is 1.58. The van der Waals surface area contributed by atoms with Gasteiger partial charge in [-0.25, -0.2) is 4.79 Å². The maximum atomic E-state index is 10.5. The Morgan fingerprint density at radius 1 is 1.43 bits per heavy atom. The Morgan fingerprint density at radius 3 is 2.43 bits per heavy atom. The molecule has 0 saturated carbocycles. The Hall–Kier alpha value is -1.22. The van der Waals surface area contributed by atoms with Crippen LogP contribution >= 0.6 is 12.6 Å². The minimum Gasteiger partial charge on any atom is -0.478 e. The Labute approximate surface area is 88.7 Å². The maximum absolute atomic E-state index is 10.5. The Kier molecular flexibility index (Phi) is 3.77. The summed E-state index contributed by atoms with van der Waals surface area (Å²) in [5, 5.41) is 8.66. The van der Waals surface area contributed by atoms with E-state index >= 15 is 0 Å². The van der Waals surface area contributed by atoms with Crippen LogP contribution in [0.25, 0.3) is 6.08 Å². The lowest BCUT2D eigenvalue weighted by molar-refractivity contribution is -0.132. The van der Waals surface area contributed by atoms with Crippen molar-refractivity contribution in [2.24, 2.45) is 0 Å². The molecule has 0 bridgehead atoms. The van der Waals surface area contributed by atoms with Crippen molar-refractivity contribution < 1.29 is 9.90 Å². The van der Waals surface area contributed by atoms with E-state index in [1.165, 1.54) is 0 Å². The third kappa shape index (κ3) is 2.92. The molecule has 0 aliphatic rings. The van der Waals surface area contributed by atoms with Gasteiger partial charge in [-0.15, -0.1) is 0 Å². The van der Waals surface area contributed by atoms with Gasteiger partial charge in [-0.05, 0) is 24.1 Å². The first-order valence-electron chi connectivity index (χ1n) is 4.25. The summed E-state index contributed by atoms with van der Waals surface area (Å²) in [7, 11) is 0. The van der Waals surface area contributed by atoms with Gasteiger partial charge in [-0.1, -0.05) is 24.3 Å². The summed E-state index contributed by atoms with van der Waals surface area (Å²) >= 11 is 4.14. The van der Waals surface area contributed by atoms with Gasteiger partial charge in [0.2, 0.25) is 0 Å². The number of aliphatic carboxylic acids is 1. The molecule has 0 fully saturated rings. The number of hydrogen-bond donors (Lipinski definition) is 2. The van der Waals surface area contributed by atoms with E-state index < -0.39 is 5.97 Å². The van der Waals surface area contributed by atoms with E-state index in [1.54, 1.807) is 13.0 Å². The summed E-state index contributed by atoms with van der Waals surface area (Å²) in [6.07, 6.45) is 1.64. The Balaban J connectivity index is 2.88. The second-order valence-corrected chi connectivity index (χ2v) is 3.35. The van der Waals surface area contributed by atoms with Gasteiger partial charge in [0.15, 0.2) is 0 Å². The van der Waals surface area contributed by atoms with Crippen molar-refractivity contribution in [3.05, 3.63) is 41.0 Å².